The molecule has 1 atom stereocenters. The van der Waals surface area contributed by atoms with Crippen LogP contribution in [0.5, 0.6) is 5.75 Å². The van der Waals surface area contributed by atoms with Gasteiger partial charge in [0, 0.05) is 22.2 Å². The van der Waals surface area contributed by atoms with Crippen molar-refractivity contribution >= 4 is 34.6 Å². The number of carbonyl (C=O) groups is 1. The van der Waals surface area contributed by atoms with E-state index < -0.39 is 6.10 Å². The lowest BCUT2D eigenvalue weighted by Crippen LogP contribution is -2.33. The summed E-state index contributed by atoms with van der Waals surface area (Å²) in [6, 6.07) is 16.5. The zero-order chi connectivity index (χ0) is 17.6. The van der Waals surface area contributed by atoms with Crippen molar-refractivity contribution in [1.29, 1.82) is 0 Å². The normalized spacial score (nSPS) is 12.2. The van der Waals surface area contributed by atoms with Crippen LogP contribution in [-0.2, 0) is 4.79 Å². The maximum Gasteiger partial charge on any atom is 0.280 e. The first kappa shape index (κ1) is 16.9. The Morgan fingerprint density at radius 3 is 2.92 bits per heavy atom. The second kappa shape index (κ2) is 7.77. The van der Waals surface area contributed by atoms with Gasteiger partial charge in [0.05, 0.1) is 11.7 Å². The van der Waals surface area contributed by atoms with Gasteiger partial charge in [-0.05, 0) is 37.3 Å². The molecule has 25 heavy (non-hydrogen) atoms. The molecule has 3 aromatic rings. The van der Waals surface area contributed by atoms with Crippen molar-refractivity contribution in [2.45, 2.75) is 13.0 Å². The predicted molar refractivity (Wildman–Crippen MR) is 99.0 cm³/mol. The Labute approximate surface area is 150 Å². The number of ether oxygens (including phenoxy) is 1. The van der Waals surface area contributed by atoms with Crippen LogP contribution in [-0.4, -0.2) is 23.2 Å². The summed E-state index contributed by atoms with van der Waals surface area (Å²) in [6.45, 7) is 1.66. The van der Waals surface area contributed by atoms with Gasteiger partial charge in [-0.15, -0.1) is 0 Å². The molecule has 0 radical (unpaired) electrons. The summed E-state index contributed by atoms with van der Waals surface area (Å²) in [4.78, 5) is 16.3. The molecular weight excluding hydrogens is 338 g/mol. The van der Waals surface area contributed by atoms with E-state index in [0.717, 1.165) is 16.5 Å². The lowest BCUT2D eigenvalue weighted by Gasteiger charge is -2.13. The van der Waals surface area contributed by atoms with Crippen LogP contribution in [0.3, 0.4) is 0 Å². The molecule has 0 fully saturated rings. The van der Waals surface area contributed by atoms with Gasteiger partial charge in [-0.2, -0.15) is 5.10 Å². The maximum atomic E-state index is 12.1. The molecule has 0 aliphatic heterocycles. The van der Waals surface area contributed by atoms with E-state index in [-0.39, 0.29) is 5.91 Å². The van der Waals surface area contributed by atoms with Crippen LogP contribution in [0.25, 0.3) is 10.9 Å². The van der Waals surface area contributed by atoms with E-state index in [1.54, 1.807) is 31.3 Å². The highest BCUT2D eigenvalue weighted by atomic mass is 35.5. The number of nitrogens with zero attached hydrogens (tertiary/aromatic N) is 2. The van der Waals surface area contributed by atoms with Gasteiger partial charge in [0.1, 0.15) is 5.75 Å². The second-order valence-electron chi connectivity index (χ2n) is 5.37. The molecule has 1 amide bonds. The molecule has 6 heteroatoms. The van der Waals surface area contributed by atoms with Crippen molar-refractivity contribution in [3.05, 3.63) is 71.4 Å². The van der Waals surface area contributed by atoms with Crippen LogP contribution >= 0.6 is 11.6 Å². The Bertz CT molecular complexity index is 927. The largest absolute Gasteiger partial charge is 0.481 e. The summed E-state index contributed by atoms with van der Waals surface area (Å²) in [5.74, 6) is 0.243. The van der Waals surface area contributed by atoms with E-state index in [9.17, 15) is 4.79 Å². The lowest BCUT2D eigenvalue weighted by atomic mass is 10.2. The molecule has 1 N–H and O–H groups in total. The fourth-order valence-corrected chi connectivity index (χ4v) is 2.41. The molecular formula is C19H16ClN3O2. The van der Waals surface area contributed by atoms with E-state index in [0.29, 0.717) is 10.8 Å². The van der Waals surface area contributed by atoms with Crippen LogP contribution in [0.15, 0.2) is 65.9 Å². The predicted octanol–water partition coefficient (Wildman–Crippen LogP) is 3.81. The Morgan fingerprint density at radius 1 is 1.24 bits per heavy atom. The highest BCUT2D eigenvalue weighted by molar-refractivity contribution is 6.33. The first-order valence-corrected chi connectivity index (χ1v) is 8.10. The lowest BCUT2D eigenvalue weighted by molar-refractivity contribution is -0.127. The molecule has 5 nitrogen and oxygen atoms in total. The number of carbonyl (C=O) groups excluding carboxylic acids is 1. The molecule has 0 saturated heterocycles. The van der Waals surface area contributed by atoms with Crippen LogP contribution in [0.4, 0.5) is 0 Å². The minimum absolute atomic E-state index is 0.352. The summed E-state index contributed by atoms with van der Waals surface area (Å²) in [5.41, 5.74) is 4.04. The fraction of sp³-hybridized carbons (Fsp3) is 0.105. The van der Waals surface area contributed by atoms with Crippen molar-refractivity contribution in [1.82, 2.24) is 10.4 Å². The van der Waals surface area contributed by atoms with Crippen molar-refractivity contribution in [2.24, 2.45) is 5.10 Å². The quantitative estimate of drug-likeness (QED) is 0.560. The third-order valence-corrected chi connectivity index (χ3v) is 3.88. The summed E-state index contributed by atoms with van der Waals surface area (Å²) in [7, 11) is 0. The third kappa shape index (κ3) is 4.33. The number of hydrogen-bond acceptors (Lipinski definition) is 4. The molecule has 2 aromatic carbocycles. The Hall–Kier alpha value is -2.92. The van der Waals surface area contributed by atoms with Gasteiger partial charge in [0.2, 0.25) is 0 Å². The maximum absolute atomic E-state index is 12.1. The second-order valence-corrected chi connectivity index (χ2v) is 5.78. The molecule has 0 spiro atoms. The zero-order valence-corrected chi connectivity index (χ0v) is 14.3. The molecule has 3 rings (SSSR count). The van der Waals surface area contributed by atoms with Crippen molar-refractivity contribution in [2.75, 3.05) is 0 Å². The summed E-state index contributed by atoms with van der Waals surface area (Å²) in [5, 5.41) is 5.43. The van der Waals surface area contributed by atoms with Crippen molar-refractivity contribution in [3.63, 3.8) is 0 Å². The average molecular weight is 354 g/mol. The van der Waals surface area contributed by atoms with Crippen LogP contribution in [0.2, 0.25) is 5.02 Å². The van der Waals surface area contributed by atoms with Gasteiger partial charge >= 0.3 is 0 Å². The molecule has 126 valence electrons. The molecule has 1 heterocycles. The van der Waals surface area contributed by atoms with Gasteiger partial charge in [-0.25, -0.2) is 5.43 Å². The van der Waals surface area contributed by atoms with Crippen molar-refractivity contribution < 1.29 is 9.53 Å². The Balaban J connectivity index is 1.61. The summed E-state index contributed by atoms with van der Waals surface area (Å²) >= 11 is 6.02. The molecule has 0 bridgehead atoms. The number of pyridine rings is 1. The Morgan fingerprint density at radius 2 is 2.08 bits per heavy atom. The SMILES string of the molecule is CC(Oc1ccc2ncccc2c1)C(=O)N/N=C/c1ccccc1Cl. The number of hydrogen-bond donors (Lipinski definition) is 1. The van der Waals surface area contributed by atoms with E-state index in [4.69, 9.17) is 16.3 Å². The average Bonchev–Trinajstić information content (AvgIpc) is 2.63. The molecule has 0 aliphatic carbocycles. The molecule has 1 unspecified atom stereocenters. The van der Waals surface area contributed by atoms with E-state index in [1.165, 1.54) is 6.21 Å². The minimum Gasteiger partial charge on any atom is -0.481 e. The number of aromatic nitrogens is 1. The number of rotatable bonds is 5. The highest BCUT2D eigenvalue weighted by Gasteiger charge is 2.14. The van der Waals surface area contributed by atoms with E-state index in [2.05, 4.69) is 15.5 Å². The summed E-state index contributed by atoms with van der Waals surface area (Å²) in [6.07, 6.45) is 2.53. The number of nitrogens with one attached hydrogen (secondary N) is 1. The number of amides is 1. The standard InChI is InChI=1S/C19H16ClN3O2/c1-13(19(24)23-22-12-15-5-2-3-7-17(15)20)25-16-8-9-18-14(11-16)6-4-10-21-18/h2-13H,1H3,(H,23,24)/b22-12+. The third-order valence-electron chi connectivity index (χ3n) is 3.54. The van der Waals surface area contributed by atoms with E-state index in [1.807, 2.05) is 36.4 Å². The van der Waals surface area contributed by atoms with E-state index >= 15 is 0 Å². The molecule has 0 aliphatic rings. The number of benzene rings is 2. The minimum atomic E-state index is -0.697. The van der Waals surface area contributed by atoms with Gasteiger partial charge in [0.15, 0.2) is 6.10 Å². The van der Waals surface area contributed by atoms with Gasteiger partial charge in [-0.3, -0.25) is 9.78 Å². The highest BCUT2D eigenvalue weighted by Crippen LogP contribution is 2.20. The van der Waals surface area contributed by atoms with Crippen molar-refractivity contribution in [3.8, 4) is 5.75 Å². The van der Waals surface area contributed by atoms with Crippen LogP contribution < -0.4 is 10.2 Å². The van der Waals surface area contributed by atoms with Crippen LogP contribution in [0, 0.1) is 0 Å². The topological polar surface area (TPSA) is 63.6 Å². The first-order chi connectivity index (χ1) is 12.1. The van der Waals surface area contributed by atoms with Gasteiger partial charge < -0.3 is 4.74 Å². The zero-order valence-electron chi connectivity index (χ0n) is 13.5. The number of halogens is 1. The van der Waals surface area contributed by atoms with Crippen LogP contribution in [0.1, 0.15) is 12.5 Å². The summed E-state index contributed by atoms with van der Waals surface area (Å²) < 4.78 is 5.67. The monoisotopic (exact) mass is 353 g/mol. The Kier molecular flexibility index (Phi) is 5.26. The molecule has 0 saturated carbocycles. The smallest absolute Gasteiger partial charge is 0.280 e. The number of fused-ring (bicyclic) bond motifs is 1. The first-order valence-electron chi connectivity index (χ1n) is 7.72. The van der Waals surface area contributed by atoms with Gasteiger partial charge in [0.25, 0.3) is 5.91 Å². The van der Waals surface area contributed by atoms with Gasteiger partial charge in [-0.1, -0.05) is 35.9 Å². The fourth-order valence-electron chi connectivity index (χ4n) is 2.22. The molecule has 1 aromatic heterocycles. The number of hydrazone groups is 1.